The van der Waals surface area contributed by atoms with Crippen molar-refractivity contribution in [1.82, 2.24) is 13.2 Å². The van der Waals surface area contributed by atoms with Gasteiger partial charge in [-0.05, 0) is 105 Å². The second-order valence-corrected chi connectivity index (χ2v) is 24.2. The first-order valence-electron chi connectivity index (χ1n) is 41.9. The fourth-order valence-corrected chi connectivity index (χ4v) is 14.8. The van der Waals surface area contributed by atoms with Crippen LogP contribution in [0.5, 0.6) is 0 Å². The summed E-state index contributed by atoms with van der Waals surface area (Å²) in [4.78, 5) is 0. The molecule has 0 fully saturated rings. The second kappa shape index (κ2) is 44.8. The van der Waals surface area contributed by atoms with Crippen LogP contribution < -0.4 is 0 Å². The first-order valence-corrected chi connectivity index (χ1v) is 41.9. The highest BCUT2D eigenvalue weighted by Crippen LogP contribution is 2.44. The number of nitrogens with zero attached hydrogens (tertiary/aromatic N) is 3. The van der Waals surface area contributed by atoms with Crippen molar-refractivity contribution >= 4 is 147 Å². The number of aryl methyl sites for hydroxylation is 3. The van der Waals surface area contributed by atoms with Crippen LogP contribution in [0, 0.1) is 0 Å². The van der Waals surface area contributed by atoms with Crippen LogP contribution in [0.3, 0.4) is 0 Å². The van der Waals surface area contributed by atoms with E-state index < -0.39 is 0 Å². The number of fused-ring (bicyclic) bond motifs is 15. The summed E-state index contributed by atoms with van der Waals surface area (Å²) in [5, 5.41) is 24.0. The molecule has 0 bridgehead atoms. The third-order valence-corrected chi connectivity index (χ3v) is 19.1. The van der Waals surface area contributed by atoms with Crippen LogP contribution >= 0.6 is 0 Å². The first-order chi connectivity index (χ1) is 55.1. The zero-order chi connectivity index (χ0) is 80.4. The van der Waals surface area contributed by atoms with Crippen LogP contribution in [0.15, 0.2) is 328 Å². The molecule has 0 unspecified atom stereocenters. The Hall–Kier alpha value is -11.5. The SMILES string of the molecule is CC.CC.CC.CC.CC.CC.CC.CC.CC.CCc1ccccc1.CCc1ccccc1.CCc1ccccc1.c1cc2cccc3c2c(c1)c1cccc2c4ccccc4n3c12.c1cc2cccc3c2c(c1)c1cccc2c4ccccc4n3c12.c1cc2cccc3c2c(c1)c1cccc2c4ccccc4n3c12. The van der Waals surface area contributed by atoms with Gasteiger partial charge in [0.15, 0.2) is 0 Å². The highest BCUT2D eigenvalue weighted by atomic mass is 14.9. The number of hydrogen-bond acceptors (Lipinski definition) is 0. The molecule has 570 valence electrons. The van der Waals surface area contributed by atoms with Crippen molar-refractivity contribution in [3.05, 3.63) is 344 Å². The minimum Gasteiger partial charge on any atom is -0.308 e. The van der Waals surface area contributed by atoms with Crippen LogP contribution in [0.25, 0.3) is 147 Å². The molecule has 6 aromatic heterocycles. The van der Waals surface area contributed by atoms with Crippen molar-refractivity contribution in [3.63, 3.8) is 0 Å². The lowest BCUT2D eigenvalue weighted by molar-refractivity contribution is 1.14. The Morgan fingerprint density at radius 3 is 0.532 bits per heavy atom. The Morgan fingerprint density at radius 2 is 0.315 bits per heavy atom. The molecule has 0 spiro atoms. The maximum absolute atomic E-state index is 2.44. The Balaban J connectivity index is 0.000000186. The molecule has 21 aromatic rings. The quantitative estimate of drug-likeness (QED) is 0.124. The predicted molar refractivity (Wildman–Crippen MR) is 505 cm³/mol. The molecule has 0 N–H and O–H groups in total. The van der Waals surface area contributed by atoms with Crippen molar-refractivity contribution in [1.29, 1.82) is 0 Å². The van der Waals surface area contributed by atoms with Gasteiger partial charge in [-0.15, -0.1) is 0 Å². The van der Waals surface area contributed by atoms with Gasteiger partial charge in [-0.2, -0.15) is 0 Å². The van der Waals surface area contributed by atoms with E-state index in [1.807, 2.05) is 143 Å². The third-order valence-electron chi connectivity index (χ3n) is 19.1. The van der Waals surface area contributed by atoms with E-state index in [1.165, 1.54) is 163 Å². The molecule has 3 nitrogen and oxygen atoms in total. The summed E-state index contributed by atoms with van der Waals surface area (Å²) in [5.74, 6) is 0. The molecule has 0 atom stereocenters. The largest absolute Gasteiger partial charge is 0.308 e. The molecule has 6 heterocycles. The molecule has 0 aliphatic rings. The molecule has 15 aromatic carbocycles. The van der Waals surface area contributed by atoms with Crippen LogP contribution in [0.2, 0.25) is 0 Å². The summed E-state index contributed by atoms with van der Waals surface area (Å²) < 4.78 is 7.32. The van der Waals surface area contributed by atoms with E-state index in [-0.39, 0.29) is 0 Å². The van der Waals surface area contributed by atoms with Gasteiger partial charge in [0.1, 0.15) is 0 Å². The maximum Gasteiger partial charge on any atom is 0.0619 e. The third kappa shape index (κ3) is 18.0. The molecule has 0 aliphatic heterocycles. The van der Waals surface area contributed by atoms with Crippen LogP contribution in [-0.4, -0.2) is 13.2 Å². The number of pyridine rings is 3. The van der Waals surface area contributed by atoms with E-state index >= 15 is 0 Å². The zero-order valence-corrected chi connectivity index (χ0v) is 70.6. The van der Waals surface area contributed by atoms with Crippen molar-refractivity contribution in [2.24, 2.45) is 0 Å². The Bertz CT molecular complexity index is 5550. The number of benzene rings is 15. The molecule has 3 heteroatoms. The highest BCUT2D eigenvalue weighted by molar-refractivity contribution is 6.29. The minimum absolute atomic E-state index is 1.14. The fourth-order valence-electron chi connectivity index (χ4n) is 14.8. The van der Waals surface area contributed by atoms with Gasteiger partial charge in [0.05, 0.1) is 49.7 Å². The Kier molecular flexibility index (Phi) is 35.0. The molecule has 0 amide bonds. The monoisotopic (exact) mass is 1460 g/mol. The van der Waals surface area contributed by atoms with E-state index in [0.717, 1.165) is 19.3 Å². The first kappa shape index (κ1) is 86.7. The van der Waals surface area contributed by atoms with Gasteiger partial charge in [-0.3, -0.25) is 0 Å². The van der Waals surface area contributed by atoms with Crippen LogP contribution in [-0.2, 0) is 19.3 Å². The fraction of sp³-hybridized carbons (Fsp3) is 0.222. The van der Waals surface area contributed by atoms with Crippen molar-refractivity contribution in [2.45, 2.75) is 165 Å². The summed E-state index contributed by atoms with van der Waals surface area (Å²) in [5.41, 5.74) is 16.0. The van der Waals surface area contributed by atoms with E-state index in [4.69, 9.17) is 0 Å². The van der Waals surface area contributed by atoms with Crippen LogP contribution in [0.1, 0.15) is 162 Å². The van der Waals surface area contributed by atoms with Crippen molar-refractivity contribution < 1.29 is 0 Å². The Labute approximate surface area is 664 Å². The second-order valence-electron chi connectivity index (χ2n) is 24.2. The number of para-hydroxylation sites is 6. The average Bonchev–Trinajstić information content (AvgIpc) is 1.60. The smallest absolute Gasteiger partial charge is 0.0619 e. The molecular weight excluding hydrogens is 1340 g/mol. The Morgan fingerprint density at radius 1 is 0.153 bits per heavy atom. The summed E-state index contributed by atoms with van der Waals surface area (Å²) in [6, 6.07) is 117. The molecule has 0 saturated carbocycles. The van der Waals surface area contributed by atoms with Crippen molar-refractivity contribution in [2.75, 3.05) is 0 Å². The molecule has 0 saturated heterocycles. The summed E-state index contributed by atoms with van der Waals surface area (Å²) in [6.45, 7) is 42.5. The lowest BCUT2D eigenvalue weighted by Crippen LogP contribution is -1.91. The van der Waals surface area contributed by atoms with Gasteiger partial charge in [-0.25, -0.2) is 0 Å². The van der Waals surface area contributed by atoms with Gasteiger partial charge < -0.3 is 13.2 Å². The standard InChI is InChI=1S/3C22H13N.3C8H10.9C2H6/c3*1-2-12-19-15(8-1)17-10-5-11-18-16-9-3-6-14-7-4-13-20(21(14)16)23(19)22(17)18;3*1-2-8-6-4-3-5-7-8;9*1-2/h3*1-13H;3*3-7H,2H2,1H3;9*1-2H3. The lowest BCUT2D eigenvalue weighted by Gasteiger charge is -2.12. The molecule has 21 rings (SSSR count). The number of aromatic nitrogens is 3. The van der Waals surface area contributed by atoms with Gasteiger partial charge in [0.2, 0.25) is 0 Å². The topological polar surface area (TPSA) is 13.2 Å². The van der Waals surface area contributed by atoms with Crippen LogP contribution in [0.4, 0.5) is 0 Å². The van der Waals surface area contributed by atoms with Gasteiger partial charge >= 0.3 is 0 Å². The summed E-state index contributed by atoms with van der Waals surface area (Å²) >= 11 is 0. The lowest BCUT2D eigenvalue weighted by atomic mass is 9.99. The van der Waals surface area contributed by atoms with E-state index in [0.29, 0.717) is 0 Å². The van der Waals surface area contributed by atoms with E-state index in [9.17, 15) is 0 Å². The zero-order valence-electron chi connectivity index (χ0n) is 70.6. The number of hydrogen-bond donors (Lipinski definition) is 0. The molecule has 0 radical (unpaired) electrons. The van der Waals surface area contributed by atoms with Gasteiger partial charge in [0, 0.05) is 64.6 Å². The summed E-state index contributed by atoms with van der Waals surface area (Å²) in [7, 11) is 0. The summed E-state index contributed by atoms with van der Waals surface area (Å²) in [6.07, 6.45) is 3.42. The van der Waals surface area contributed by atoms with Gasteiger partial charge in [0.25, 0.3) is 0 Å². The van der Waals surface area contributed by atoms with E-state index in [2.05, 4.69) is 343 Å². The highest BCUT2D eigenvalue weighted by Gasteiger charge is 2.20. The van der Waals surface area contributed by atoms with Crippen molar-refractivity contribution in [3.8, 4) is 0 Å². The molecular formula is C108H123N3. The molecule has 0 aliphatic carbocycles. The normalized spacial score (nSPS) is 10.1. The maximum atomic E-state index is 2.44. The minimum atomic E-state index is 1.14. The van der Waals surface area contributed by atoms with E-state index in [1.54, 1.807) is 0 Å². The van der Waals surface area contributed by atoms with Gasteiger partial charge in [-0.1, -0.05) is 437 Å². The number of rotatable bonds is 3. The average molecular weight is 1460 g/mol. The molecule has 111 heavy (non-hydrogen) atoms. The predicted octanol–water partition coefficient (Wildman–Crippen LogP) is 34.0.